The Labute approximate surface area is 166 Å². The van der Waals surface area contributed by atoms with Crippen LogP contribution in [0.4, 0.5) is 14.9 Å². The molecule has 0 bridgehead atoms. The van der Waals surface area contributed by atoms with E-state index in [9.17, 15) is 19.1 Å². The maximum absolute atomic E-state index is 14.5. The Hall–Kier alpha value is -3.42. The van der Waals surface area contributed by atoms with E-state index < -0.39 is 23.9 Å². The molecule has 3 N–H and O–H groups in total. The Kier molecular flexibility index (Phi) is 5.81. The second-order valence-electron chi connectivity index (χ2n) is 6.98. The number of fused-ring (bicyclic) bond motifs is 1. The lowest BCUT2D eigenvalue weighted by molar-refractivity contribution is -0.140. The summed E-state index contributed by atoms with van der Waals surface area (Å²) >= 11 is 0. The zero-order chi connectivity index (χ0) is 21.1. The molecule has 3 rings (SSSR count). The molecule has 0 aliphatic rings. The number of carboxylic acid groups (broad SMARTS) is 1. The van der Waals surface area contributed by atoms with E-state index in [2.05, 4.69) is 15.6 Å². The number of nitrogens with one attached hydrogen (secondary N) is 2. The van der Waals surface area contributed by atoms with Crippen LogP contribution in [0.3, 0.4) is 0 Å². The number of aromatic nitrogens is 1. The van der Waals surface area contributed by atoms with Crippen molar-refractivity contribution in [3.8, 4) is 11.5 Å². The number of amides is 2. The van der Waals surface area contributed by atoms with Gasteiger partial charge in [-0.1, -0.05) is 26.3 Å². The van der Waals surface area contributed by atoms with Crippen LogP contribution in [0.1, 0.15) is 25.8 Å². The summed E-state index contributed by atoms with van der Waals surface area (Å²) in [6, 6.07) is 7.86. The van der Waals surface area contributed by atoms with Gasteiger partial charge in [-0.05, 0) is 48.7 Å². The molecule has 0 radical (unpaired) electrons. The quantitative estimate of drug-likeness (QED) is 0.563. The number of benzene rings is 2. The third-order valence-corrected chi connectivity index (χ3v) is 4.77. The largest absolute Gasteiger partial charge is 0.480 e. The van der Waals surface area contributed by atoms with Crippen molar-refractivity contribution >= 4 is 28.8 Å². The van der Waals surface area contributed by atoms with Gasteiger partial charge in [-0.3, -0.25) is 0 Å². The topological polar surface area (TPSA) is 104 Å². The highest BCUT2D eigenvalue weighted by molar-refractivity contribution is 5.92. The number of urea groups is 1. The molecule has 7 nitrogen and oxygen atoms in total. The fraction of sp³-hybridized carbons (Fsp3) is 0.286. The molecular formula is C21H22FN3O4. The lowest BCUT2D eigenvalue weighted by Gasteiger charge is -2.20. The van der Waals surface area contributed by atoms with E-state index in [4.69, 9.17) is 4.42 Å². The van der Waals surface area contributed by atoms with E-state index in [0.29, 0.717) is 23.1 Å². The van der Waals surface area contributed by atoms with Crippen molar-refractivity contribution in [3.63, 3.8) is 0 Å². The summed E-state index contributed by atoms with van der Waals surface area (Å²) in [6.45, 7) is 5.48. The molecular weight excluding hydrogens is 377 g/mol. The molecule has 3 aromatic rings. The minimum absolute atomic E-state index is 0.0773. The van der Waals surface area contributed by atoms with Gasteiger partial charge in [-0.15, -0.1) is 0 Å². The molecule has 8 heteroatoms. The summed E-state index contributed by atoms with van der Waals surface area (Å²) in [6.07, 6.45) is 0.574. The highest BCUT2D eigenvalue weighted by Gasteiger charge is 2.25. The fourth-order valence-electron chi connectivity index (χ4n) is 2.89. The summed E-state index contributed by atoms with van der Waals surface area (Å²) in [5, 5.41) is 14.0. The summed E-state index contributed by atoms with van der Waals surface area (Å²) in [7, 11) is 0. The molecule has 2 unspecified atom stereocenters. The number of hydrogen-bond acceptors (Lipinski definition) is 4. The zero-order valence-corrected chi connectivity index (χ0v) is 16.3. The predicted molar refractivity (Wildman–Crippen MR) is 107 cm³/mol. The van der Waals surface area contributed by atoms with Crippen LogP contribution >= 0.6 is 0 Å². The first-order valence-electron chi connectivity index (χ1n) is 9.26. The maximum atomic E-state index is 14.5. The number of anilines is 1. The molecule has 29 heavy (non-hydrogen) atoms. The second kappa shape index (κ2) is 8.30. The van der Waals surface area contributed by atoms with Crippen molar-refractivity contribution in [1.29, 1.82) is 0 Å². The summed E-state index contributed by atoms with van der Waals surface area (Å²) in [5.74, 6) is -1.83. The first-order valence-corrected chi connectivity index (χ1v) is 9.26. The normalized spacial score (nSPS) is 13.1. The van der Waals surface area contributed by atoms with Crippen LogP contribution in [0.5, 0.6) is 0 Å². The van der Waals surface area contributed by atoms with E-state index in [1.807, 2.05) is 26.0 Å². The summed E-state index contributed by atoms with van der Waals surface area (Å²) in [5.41, 5.74) is 2.65. The molecule has 1 aromatic heterocycles. The molecule has 1 heterocycles. The first kappa shape index (κ1) is 20.3. The Balaban J connectivity index is 1.76. The average molecular weight is 399 g/mol. The Bertz CT molecular complexity index is 1060. The third-order valence-electron chi connectivity index (χ3n) is 4.77. The molecule has 2 amide bonds. The predicted octanol–water partition coefficient (Wildman–Crippen LogP) is 4.56. The van der Waals surface area contributed by atoms with E-state index >= 15 is 0 Å². The van der Waals surface area contributed by atoms with Crippen molar-refractivity contribution in [2.45, 2.75) is 33.2 Å². The molecule has 0 spiro atoms. The van der Waals surface area contributed by atoms with Crippen LogP contribution in [0, 0.1) is 18.7 Å². The van der Waals surface area contributed by atoms with Gasteiger partial charge in [0.25, 0.3) is 0 Å². The number of aliphatic carboxylic acids is 1. The Morgan fingerprint density at radius 2 is 2.00 bits per heavy atom. The molecule has 2 aromatic carbocycles. The molecule has 0 aliphatic heterocycles. The third kappa shape index (κ3) is 4.53. The molecule has 152 valence electrons. The van der Waals surface area contributed by atoms with Gasteiger partial charge in [0.15, 0.2) is 5.58 Å². The van der Waals surface area contributed by atoms with E-state index in [-0.39, 0.29) is 17.5 Å². The molecule has 0 saturated carbocycles. The SMILES string of the molecule is CCC(C)C(NC(=O)Nc1ccc(-c2nc3cc(C)ccc3o2)cc1F)C(=O)O. The number of hydrogen-bond donors (Lipinski definition) is 3. The van der Waals surface area contributed by atoms with Crippen LogP contribution < -0.4 is 10.6 Å². The van der Waals surface area contributed by atoms with Gasteiger partial charge in [0.2, 0.25) is 5.89 Å². The summed E-state index contributed by atoms with van der Waals surface area (Å²) < 4.78 is 20.2. The van der Waals surface area contributed by atoms with E-state index in [1.54, 1.807) is 19.1 Å². The van der Waals surface area contributed by atoms with Crippen LogP contribution in [0.25, 0.3) is 22.6 Å². The van der Waals surface area contributed by atoms with Gasteiger partial charge in [0, 0.05) is 5.56 Å². The number of halogens is 1. The van der Waals surface area contributed by atoms with Gasteiger partial charge < -0.3 is 20.2 Å². The monoisotopic (exact) mass is 399 g/mol. The first-order chi connectivity index (χ1) is 13.8. The number of nitrogens with zero attached hydrogens (tertiary/aromatic N) is 1. The number of oxazole rings is 1. The molecule has 0 aliphatic carbocycles. The minimum Gasteiger partial charge on any atom is -0.480 e. The van der Waals surface area contributed by atoms with Crippen molar-refractivity contribution in [2.24, 2.45) is 5.92 Å². The van der Waals surface area contributed by atoms with Crippen LogP contribution in [-0.2, 0) is 4.79 Å². The molecule has 0 saturated heterocycles. The van der Waals surface area contributed by atoms with Crippen molar-refractivity contribution in [1.82, 2.24) is 10.3 Å². The lowest BCUT2D eigenvalue weighted by atomic mass is 9.99. The molecule has 0 fully saturated rings. The van der Waals surface area contributed by atoms with Gasteiger partial charge >= 0.3 is 12.0 Å². The van der Waals surface area contributed by atoms with Crippen molar-refractivity contribution < 1.29 is 23.5 Å². The zero-order valence-electron chi connectivity index (χ0n) is 16.3. The summed E-state index contributed by atoms with van der Waals surface area (Å²) in [4.78, 5) is 27.8. The second-order valence-corrected chi connectivity index (χ2v) is 6.98. The highest BCUT2D eigenvalue weighted by Crippen LogP contribution is 2.27. The number of carbonyl (C=O) groups is 2. The maximum Gasteiger partial charge on any atom is 0.326 e. The van der Waals surface area contributed by atoms with Crippen molar-refractivity contribution in [2.75, 3.05) is 5.32 Å². The van der Waals surface area contributed by atoms with Crippen LogP contribution in [0.2, 0.25) is 0 Å². The highest BCUT2D eigenvalue weighted by atomic mass is 19.1. The van der Waals surface area contributed by atoms with Gasteiger partial charge in [-0.25, -0.2) is 19.0 Å². The Morgan fingerprint density at radius 1 is 1.24 bits per heavy atom. The fourth-order valence-corrected chi connectivity index (χ4v) is 2.89. The lowest BCUT2D eigenvalue weighted by Crippen LogP contribution is -2.46. The number of rotatable bonds is 6. The number of carbonyl (C=O) groups excluding carboxylic acids is 1. The van der Waals surface area contributed by atoms with Gasteiger partial charge in [0.1, 0.15) is 17.4 Å². The minimum atomic E-state index is -1.14. The van der Waals surface area contributed by atoms with E-state index in [1.165, 1.54) is 12.1 Å². The molecule has 2 atom stereocenters. The van der Waals surface area contributed by atoms with Crippen LogP contribution in [0.15, 0.2) is 40.8 Å². The van der Waals surface area contributed by atoms with Crippen molar-refractivity contribution in [3.05, 3.63) is 47.8 Å². The average Bonchev–Trinajstić information content (AvgIpc) is 3.10. The smallest absolute Gasteiger partial charge is 0.326 e. The van der Waals surface area contributed by atoms with Gasteiger partial charge in [-0.2, -0.15) is 0 Å². The van der Waals surface area contributed by atoms with E-state index in [0.717, 1.165) is 5.56 Å². The van der Waals surface area contributed by atoms with Gasteiger partial charge in [0.05, 0.1) is 5.69 Å². The number of aryl methyl sites for hydroxylation is 1. The Morgan fingerprint density at radius 3 is 2.66 bits per heavy atom. The number of carboxylic acids is 1. The van der Waals surface area contributed by atoms with Crippen LogP contribution in [-0.4, -0.2) is 28.1 Å². The standard InChI is InChI=1S/C21H22FN3O4/c1-4-12(3)18(20(26)27)25-21(28)24-15-7-6-13(10-14(15)22)19-23-16-9-11(2)5-8-17(16)29-19/h5-10,12,18H,4H2,1-3H3,(H,26,27)(H2,24,25,28).